The van der Waals surface area contributed by atoms with E-state index in [9.17, 15) is 0 Å². The molecule has 0 bridgehead atoms. The average Bonchev–Trinajstić information content (AvgIpc) is 2.15. The predicted octanol–water partition coefficient (Wildman–Crippen LogP) is 2.68. The molecule has 1 N–H and O–H groups in total. The van der Waals surface area contributed by atoms with E-state index in [0.717, 1.165) is 38.1 Å². The third-order valence-electron chi connectivity index (χ3n) is 2.44. The van der Waals surface area contributed by atoms with Crippen molar-refractivity contribution in [2.45, 2.75) is 40.5 Å². The van der Waals surface area contributed by atoms with Crippen molar-refractivity contribution in [1.82, 2.24) is 5.32 Å². The molecule has 14 heavy (non-hydrogen) atoms. The van der Waals surface area contributed by atoms with Crippen molar-refractivity contribution in [1.29, 1.82) is 0 Å². The van der Waals surface area contributed by atoms with Crippen LogP contribution in [0.5, 0.6) is 0 Å². The molecule has 0 spiro atoms. The Hall–Kier alpha value is -0.0800. The molecule has 0 aromatic rings. The van der Waals surface area contributed by atoms with Gasteiger partial charge in [-0.05, 0) is 38.3 Å². The monoisotopic (exact) mass is 201 g/mol. The molecule has 0 aromatic carbocycles. The smallest absolute Gasteiger partial charge is 0.0469 e. The molecular formula is C12H27NO. The maximum atomic E-state index is 5.37. The zero-order valence-corrected chi connectivity index (χ0v) is 10.3. The molecular weight excluding hydrogens is 174 g/mol. The molecule has 2 heteroatoms. The fourth-order valence-electron chi connectivity index (χ4n) is 1.42. The van der Waals surface area contributed by atoms with Gasteiger partial charge in [-0.15, -0.1) is 0 Å². The van der Waals surface area contributed by atoms with Gasteiger partial charge in [0, 0.05) is 13.2 Å². The summed E-state index contributed by atoms with van der Waals surface area (Å²) < 4.78 is 5.37. The van der Waals surface area contributed by atoms with Crippen LogP contribution >= 0.6 is 0 Å². The van der Waals surface area contributed by atoms with Crippen molar-refractivity contribution < 1.29 is 4.74 Å². The minimum atomic E-state index is 0.749. The van der Waals surface area contributed by atoms with E-state index in [1.54, 1.807) is 0 Å². The van der Waals surface area contributed by atoms with Crippen molar-refractivity contribution in [3.8, 4) is 0 Å². The van der Waals surface area contributed by atoms with Gasteiger partial charge in [0.15, 0.2) is 0 Å². The molecule has 0 aliphatic heterocycles. The summed E-state index contributed by atoms with van der Waals surface area (Å²) in [7, 11) is 0. The second kappa shape index (κ2) is 9.47. The fraction of sp³-hybridized carbons (Fsp3) is 1.00. The molecule has 0 fully saturated rings. The van der Waals surface area contributed by atoms with Gasteiger partial charge < -0.3 is 10.1 Å². The van der Waals surface area contributed by atoms with Crippen LogP contribution in [0.25, 0.3) is 0 Å². The van der Waals surface area contributed by atoms with Crippen LogP contribution in [0, 0.1) is 11.8 Å². The van der Waals surface area contributed by atoms with E-state index in [2.05, 4.69) is 33.0 Å². The average molecular weight is 201 g/mol. The molecule has 1 unspecified atom stereocenters. The summed E-state index contributed by atoms with van der Waals surface area (Å²) in [5.74, 6) is 1.53. The summed E-state index contributed by atoms with van der Waals surface area (Å²) in [6.45, 7) is 12.8. The van der Waals surface area contributed by atoms with Crippen LogP contribution in [-0.4, -0.2) is 26.3 Å². The zero-order chi connectivity index (χ0) is 10.8. The number of nitrogens with one attached hydrogen (secondary N) is 1. The summed E-state index contributed by atoms with van der Waals surface area (Å²) in [6.07, 6.45) is 2.44. The molecule has 86 valence electrons. The lowest BCUT2D eigenvalue weighted by Crippen LogP contribution is -2.26. The normalized spacial score (nSPS) is 13.5. The molecule has 0 saturated heterocycles. The van der Waals surface area contributed by atoms with Crippen LogP contribution in [-0.2, 0) is 4.74 Å². The van der Waals surface area contributed by atoms with Gasteiger partial charge in [0.05, 0.1) is 0 Å². The topological polar surface area (TPSA) is 21.3 Å². The van der Waals surface area contributed by atoms with Crippen molar-refractivity contribution in [2.24, 2.45) is 11.8 Å². The van der Waals surface area contributed by atoms with Crippen LogP contribution in [0.3, 0.4) is 0 Å². The van der Waals surface area contributed by atoms with Crippen LogP contribution in [0.2, 0.25) is 0 Å². The maximum absolute atomic E-state index is 5.37. The molecule has 1 atom stereocenters. The van der Waals surface area contributed by atoms with Gasteiger partial charge in [-0.2, -0.15) is 0 Å². The Balaban J connectivity index is 3.38. The highest BCUT2D eigenvalue weighted by Gasteiger charge is 2.05. The van der Waals surface area contributed by atoms with E-state index in [1.165, 1.54) is 12.8 Å². The number of hydrogen-bond acceptors (Lipinski definition) is 2. The van der Waals surface area contributed by atoms with Crippen LogP contribution in [0.15, 0.2) is 0 Å². The molecule has 0 aliphatic rings. The molecule has 0 rings (SSSR count). The minimum Gasteiger partial charge on any atom is -0.382 e. The van der Waals surface area contributed by atoms with Gasteiger partial charge in [-0.3, -0.25) is 0 Å². The Morgan fingerprint density at radius 1 is 1.14 bits per heavy atom. The van der Waals surface area contributed by atoms with E-state index in [-0.39, 0.29) is 0 Å². The molecule has 0 aromatic heterocycles. The van der Waals surface area contributed by atoms with Gasteiger partial charge in [-0.1, -0.05) is 27.2 Å². The van der Waals surface area contributed by atoms with E-state index < -0.39 is 0 Å². The molecule has 0 heterocycles. The van der Waals surface area contributed by atoms with Gasteiger partial charge in [-0.25, -0.2) is 0 Å². The summed E-state index contributed by atoms with van der Waals surface area (Å²) >= 11 is 0. The molecule has 0 amide bonds. The summed E-state index contributed by atoms with van der Waals surface area (Å²) in [6, 6.07) is 0. The van der Waals surface area contributed by atoms with Crippen molar-refractivity contribution in [3.63, 3.8) is 0 Å². The van der Waals surface area contributed by atoms with Crippen molar-refractivity contribution in [2.75, 3.05) is 26.3 Å². The highest BCUT2D eigenvalue weighted by molar-refractivity contribution is 4.61. The third kappa shape index (κ3) is 8.52. The quantitative estimate of drug-likeness (QED) is 0.579. The Morgan fingerprint density at radius 3 is 2.36 bits per heavy atom. The first-order chi connectivity index (χ1) is 6.70. The predicted molar refractivity (Wildman–Crippen MR) is 62.6 cm³/mol. The number of rotatable bonds is 9. The van der Waals surface area contributed by atoms with Crippen LogP contribution in [0.4, 0.5) is 0 Å². The Kier molecular flexibility index (Phi) is 9.42. The molecule has 2 nitrogen and oxygen atoms in total. The standard InChI is InChI=1S/C12H27NO/c1-5-12(7-8-14-6-2)10-13-9-11(3)4/h11-13H,5-10H2,1-4H3. The van der Waals surface area contributed by atoms with Crippen molar-refractivity contribution in [3.05, 3.63) is 0 Å². The first-order valence-corrected chi connectivity index (χ1v) is 5.99. The van der Waals surface area contributed by atoms with E-state index in [1.807, 2.05) is 0 Å². The molecule has 0 radical (unpaired) electrons. The first-order valence-electron chi connectivity index (χ1n) is 5.99. The highest BCUT2D eigenvalue weighted by atomic mass is 16.5. The van der Waals surface area contributed by atoms with E-state index >= 15 is 0 Å². The summed E-state index contributed by atoms with van der Waals surface area (Å²) in [4.78, 5) is 0. The second-order valence-corrected chi connectivity index (χ2v) is 4.31. The highest BCUT2D eigenvalue weighted by Crippen LogP contribution is 2.07. The third-order valence-corrected chi connectivity index (χ3v) is 2.44. The minimum absolute atomic E-state index is 0.749. The summed E-state index contributed by atoms with van der Waals surface area (Å²) in [5.41, 5.74) is 0. The zero-order valence-electron chi connectivity index (χ0n) is 10.3. The lowest BCUT2D eigenvalue weighted by molar-refractivity contribution is 0.131. The number of hydrogen-bond donors (Lipinski definition) is 1. The lowest BCUT2D eigenvalue weighted by atomic mass is 10.0. The van der Waals surface area contributed by atoms with Gasteiger partial charge in [0.25, 0.3) is 0 Å². The Bertz CT molecular complexity index is 115. The van der Waals surface area contributed by atoms with E-state index in [4.69, 9.17) is 4.74 Å². The van der Waals surface area contributed by atoms with Crippen LogP contribution in [0.1, 0.15) is 40.5 Å². The van der Waals surface area contributed by atoms with Gasteiger partial charge >= 0.3 is 0 Å². The van der Waals surface area contributed by atoms with Crippen molar-refractivity contribution >= 4 is 0 Å². The van der Waals surface area contributed by atoms with Crippen LogP contribution < -0.4 is 5.32 Å². The molecule has 0 aliphatic carbocycles. The Morgan fingerprint density at radius 2 is 1.86 bits per heavy atom. The van der Waals surface area contributed by atoms with Gasteiger partial charge in [0.1, 0.15) is 0 Å². The van der Waals surface area contributed by atoms with E-state index in [0.29, 0.717) is 0 Å². The lowest BCUT2D eigenvalue weighted by Gasteiger charge is -2.16. The number of ether oxygens (including phenoxy) is 1. The largest absolute Gasteiger partial charge is 0.382 e. The second-order valence-electron chi connectivity index (χ2n) is 4.31. The Labute approximate surface area is 89.4 Å². The summed E-state index contributed by atoms with van der Waals surface area (Å²) in [5, 5.41) is 3.51. The SMILES string of the molecule is CCOCCC(CC)CNCC(C)C. The molecule has 0 saturated carbocycles. The van der Waals surface area contributed by atoms with Gasteiger partial charge in [0.2, 0.25) is 0 Å². The first kappa shape index (κ1) is 13.9. The fourth-order valence-corrected chi connectivity index (χ4v) is 1.42. The maximum Gasteiger partial charge on any atom is 0.0469 e.